The Kier molecular flexibility index (Phi) is 3.80. The highest BCUT2D eigenvalue weighted by molar-refractivity contribution is 5.67. The van der Waals surface area contributed by atoms with Gasteiger partial charge in [-0.25, -0.2) is 4.79 Å². The molecule has 2 N–H and O–H groups in total. The highest BCUT2D eigenvalue weighted by Gasteiger charge is 2.40. The molecule has 1 aromatic carbocycles. The van der Waals surface area contributed by atoms with E-state index in [9.17, 15) is 9.90 Å². The van der Waals surface area contributed by atoms with Crippen molar-refractivity contribution in [2.24, 2.45) is 0 Å². The van der Waals surface area contributed by atoms with Crippen molar-refractivity contribution < 1.29 is 9.90 Å². The molecular weight excluding hydrogens is 240 g/mol. The summed E-state index contributed by atoms with van der Waals surface area (Å²) in [7, 11) is 0. The van der Waals surface area contributed by atoms with Crippen LogP contribution in [0.2, 0.25) is 0 Å². The van der Waals surface area contributed by atoms with Crippen LogP contribution in [0.3, 0.4) is 0 Å². The molecule has 0 unspecified atom stereocenters. The number of nitrogens with zero attached hydrogens (tertiary/aromatic N) is 1. The van der Waals surface area contributed by atoms with Gasteiger partial charge >= 0.3 is 6.09 Å². The highest BCUT2D eigenvalue weighted by atomic mass is 16.4. The summed E-state index contributed by atoms with van der Waals surface area (Å²) in [4.78, 5) is 13.2. The summed E-state index contributed by atoms with van der Waals surface area (Å²) in [6.07, 6.45) is -0.845. The first-order chi connectivity index (χ1) is 8.91. The van der Waals surface area contributed by atoms with Gasteiger partial charge in [0.2, 0.25) is 0 Å². The second kappa shape index (κ2) is 5.21. The number of rotatable bonds is 2. The van der Waals surface area contributed by atoms with Crippen LogP contribution in [0.4, 0.5) is 4.79 Å². The number of benzene rings is 1. The Morgan fingerprint density at radius 2 is 1.89 bits per heavy atom. The van der Waals surface area contributed by atoms with Crippen LogP contribution in [0.1, 0.15) is 32.3 Å². The van der Waals surface area contributed by atoms with Crippen molar-refractivity contribution >= 4 is 6.09 Å². The van der Waals surface area contributed by atoms with Crippen molar-refractivity contribution in [2.45, 2.75) is 38.3 Å². The molecule has 1 fully saturated rings. The Hall–Kier alpha value is -1.55. The number of amides is 1. The number of hydrogen-bond donors (Lipinski definition) is 2. The molecule has 1 aliphatic heterocycles. The van der Waals surface area contributed by atoms with Gasteiger partial charge in [-0.1, -0.05) is 30.3 Å². The highest BCUT2D eigenvalue weighted by Crippen LogP contribution is 2.31. The maximum atomic E-state index is 11.6. The van der Waals surface area contributed by atoms with Gasteiger partial charge in [-0.2, -0.15) is 0 Å². The van der Waals surface area contributed by atoms with Crippen LogP contribution < -0.4 is 5.32 Å². The molecule has 1 saturated heterocycles. The van der Waals surface area contributed by atoms with Crippen LogP contribution in [0.15, 0.2) is 30.3 Å². The first-order valence-electron chi connectivity index (χ1n) is 6.69. The van der Waals surface area contributed by atoms with Gasteiger partial charge in [0.05, 0.1) is 6.04 Å². The minimum atomic E-state index is -0.845. The summed E-state index contributed by atoms with van der Waals surface area (Å²) in [5.74, 6) is 0.219. The fourth-order valence-corrected chi connectivity index (χ4v) is 2.90. The summed E-state index contributed by atoms with van der Waals surface area (Å²) in [6.45, 7) is 7.38. The molecule has 2 rings (SSSR count). The van der Waals surface area contributed by atoms with Gasteiger partial charge in [0, 0.05) is 24.5 Å². The van der Waals surface area contributed by atoms with Gasteiger partial charge in [0.15, 0.2) is 0 Å². The molecule has 0 aromatic heterocycles. The largest absolute Gasteiger partial charge is 0.465 e. The van der Waals surface area contributed by atoms with Crippen LogP contribution in [-0.4, -0.2) is 40.8 Å². The lowest BCUT2D eigenvalue weighted by molar-refractivity contribution is 0.0708. The van der Waals surface area contributed by atoms with E-state index in [0.29, 0.717) is 6.54 Å². The fraction of sp³-hybridized carbons (Fsp3) is 0.533. The lowest BCUT2D eigenvalue weighted by Crippen LogP contribution is -2.53. The Bertz CT molecular complexity index is 439. The molecule has 0 radical (unpaired) electrons. The van der Waals surface area contributed by atoms with E-state index in [4.69, 9.17) is 0 Å². The number of carbonyl (C=O) groups is 1. The molecule has 1 amide bonds. The smallest absolute Gasteiger partial charge is 0.408 e. The van der Waals surface area contributed by atoms with Crippen molar-refractivity contribution in [3.63, 3.8) is 0 Å². The zero-order valence-electron chi connectivity index (χ0n) is 11.8. The van der Waals surface area contributed by atoms with E-state index in [-0.39, 0.29) is 12.0 Å². The molecule has 19 heavy (non-hydrogen) atoms. The lowest BCUT2D eigenvalue weighted by atomic mass is 9.90. The minimum Gasteiger partial charge on any atom is -0.465 e. The number of nitrogens with one attached hydrogen (secondary N) is 1. The van der Waals surface area contributed by atoms with Gasteiger partial charge in [0.25, 0.3) is 0 Å². The molecule has 2 atom stereocenters. The van der Waals surface area contributed by atoms with E-state index >= 15 is 0 Å². The predicted octanol–water partition coefficient (Wildman–Crippen LogP) is 2.52. The predicted molar refractivity (Wildman–Crippen MR) is 75.5 cm³/mol. The second-order valence-corrected chi connectivity index (χ2v) is 6.07. The maximum Gasteiger partial charge on any atom is 0.408 e. The molecule has 0 aliphatic carbocycles. The standard InChI is InChI=1S/C15H22N2O2/c1-15(2,3)17(14(18)19)13-10-16-9-12(13)11-7-5-4-6-8-11/h4-8,12-13,16H,9-10H2,1-3H3,(H,18,19)/t12-,13+/m1/s1. The van der Waals surface area contributed by atoms with Crippen LogP contribution in [-0.2, 0) is 0 Å². The van der Waals surface area contributed by atoms with Gasteiger partial charge in [-0.05, 0) is 26.3 Å². The van der Waals surface area contributed by atoms with Gasteiger partial charge in [-0.3, -0.25) is 4.90 Å². The van der Waals surface area contributed by atoms with Crippen molar-refractivity contribution in [1.29, 1.82) is 0 Å². The molecule has 1 heterocycles. The van der Waals surface area contributed by atoms with Crippen LogP contribution in [0, 0.1) is 0 Å². The van der Waals surface area contributed by atoms with Crippen LogP contribution >= 0.6 is 0 Å². The molecular formula is C15H22N2O2. The summed E-state index contributed by atoms with van der Waals surface area (Å²) in [6, 6.07) is 10.1. The Morgan fingerprint density at radius 1 is 1.26 bits per heavy atom. The van der Waals surface area contributed by atoms with Crippen LogP contribution in [0.25, 0.3) is 0 Å². The van der Waals surface area contributed by atoms with E-state index in [1.54, 1.807) is 4.90 Å². The molecule has 1 aliphatic rings. The summed E-state index contributed by atoms with van der Waals surface area (Å²) in [5.41, 5.74) is 0.809. The zero-order valence-corrected chi connectivity index (χ0v) is 11.8. The Morgan fingerprint density at radius 3 is 2.42 bits per heavy atom. The average molecular weight is 262 g/mol. The number of hydrogen-bond acceptors (Lipinski definition) is 2. The molecule has 4 heteroatoms. The topological polar surface area (TPSA) is 52.6 Å². The van der Waals surface area contributed by atoms with Crippen LogP contribution in [0.5, 0.6) is 0 Å². The Labute approximate surface area is 114 Å². The average Bonchev–Trinajstić information content (AvgIpc) is 2.76. The summed E-state index contributed by atoms with van der Waals surface area (Å²) < 4.78 is 0. The normalized spacial score (nSPS) is 23.3. The van der Waals surface area contributed by atoms with E-state index in [1.165, 1.54) is 5.56 Å². The quantitative estimate of drug-likeness (QED) is 0.861. The maximum absolute atomic E-state index is 11.6. The molecule has 4 nitrogen and oxygen atoms in total. The van der Waals surface area contributed by atoms with E-state index in [2.05, 4.69) is 17.4 Å². The SMILES string of the molecule is CC(C)(C)N(C(=O)O)[C@H]1CNC[C@@H]1c1ccccc1. The third kappa shape index (κ3) is 2.89. The monoisotopic (exact) mass is 262 g/mol. The minimum absolute atomic E-state index is 0.0140. The third-order valence-corrected chi connectivity index (χ3v) is 3.67. The van der Waals surface area contributed by atoms with Gasteiger partial charge < -0.3 is 10.4 Å². The molecule has 0 saturated carbocycles. The first kappa shape index (κ1) is 13.9. The lowest BCUT2D eigenvalue weighted by Gasteiger charge is -2.40. The van der Waals surface area contributed by atoms with E-state index < -0.39 is 11.6 Å². The summed E-state index contributed by atoms with van der Waals surface area (Å²) >= 11 is 0. The van der Waals surface area contributed by atoms with Crippen molar-refractivity contribution in [1.82, 2.24) is 10.2 Å². The van der Waals surface area contributed by atoms with Gasteiger partial charge in [-0.15, -0.1) is 0 Å². The molecule has 0 bridgehead atoms. The second-order valence-electron chi connectivity index (χ2n) is 6.07. The van der Waals surface area contributed by atoms with Crippen molar-refractivity contribution in [3.05, 3.63) is 35.9 Å². The van der Waals surface area contributed by atoms with Gasteiger partial charge in [0.1, 0.15) is 0 Å². The zero-order chi connectivity index (χ0) is 14.0. The molecule has 0 spiro atoms. The number of carboxylic acid groups (broad SMARTS) is 1. The first-order valence-corrected chi connectivity index (χ1v) is 6.69. The third-order valence-electron chi connectivity index (χ3n) is 3.67. The van der Waals surface area contributed by atoms with E-state index in [0.717, 1.165) is 6.54 Å². The Balaban J connectivity index is 2.30. The van der Waals surface area contributed by atoms with Crippen molar-refractivity contribution in [3.8, 4) is 0 Å². The van der Waals surface area contributed by atoms with Crippen molar-refractivity contribution in [2.75, 3.05) is 13.1 Å². The molecule has 1 aromatic rings. The van der Waals surface area contributed by atoms with E-state index in [1.807, 2.05) is 39.0 Å². The molecule has 104 valence electrons. The summed E-state index contributed by atoms with van der Waals surface area (Å²) in [5, 5.41) is 12.9. The fourth-order valence-electron chi connectivity index (χ4n) is 2.90.